The van der Waals surface area contributed by atoms with E-state index in [1.54, 1.807) is 0 Å². The Balaban J connectivity index is 1.82. The number of nitrogens with zero attached hydrogens (tertiary/aromatic N) is 1. The van der Waals surface area contributed by atoms with E-state index in [0.717, 1.165) is 0 Å². The molecule has 0 unspecified atom stereocenters. The number of fused-ring (bicyclic) bond motifs is 1. The predicted molar refractivity (Wildman–Crippen MR) is 91.0 cm³/mol. The van der Waals surface area contributed by atoms with Crippen molar-refractivity contribution in [3.05, 3.63) is 63.1 Å². The van der Waals surface area contributed by atoms with E-state index >= 15 is 4.39 Å². The number of hydrogen-bond acceptors (Lipinski definition) is 3. The van der Waals surface area contributed by atoms with Crippen molar-refractivity contribution in [1.29, 1.82) is 0 Å². The number of carbonyl (C=O) groups is 1. The molecule has 1 aliphatic rings. The van der Waals surface area contributed by atoms with E-state index in [1.165, 1.54) is 30.5 Å². The van der Waals surface area contributed by atoms with Crippen LogP contribution in [0.4, 0.5) is 8.78 Å². The van der Waals surface area contributed by atoms with E-state index in [9.17, 15) is 14.3 Å². The van der Waals surface area contributed by atoms with Gasteiger partial charge in [0.2, 0.25) is 0 Å². The number of hydrogen-bond donors (Lipinski definition) is 1. The fourth-order valence-electron chi connectivity index (χ4n) is 3.12. The summed E-state index contributed by atoms with van der Waals surface area (Å²) in [5.41, 5.74) is -1.52. The molecule has 25 heavy (non-hydrogen) atoms. The van der Waals surface area contributed by atoms with E-state index in [-0.39, 0.29) is 47.0 Å². The van der Waals surface area contributed by atoms with Crippen LogP contribution >= 0.6 is 23.2 Å². The standard InChI is InChI=1S/C18H15Cl2F2NO2/c19-12-5-3-10(15(20)16(12)21)4-6-14(25)18(22)8-7-13(24)17-11(18)2-1-9-23-17/h1-3,5,9,13,24H,4,6-8H2/t13-,18-/m0/s1. The summed E-state index contributed by atoms with van der Waals surface area (Å²) in [4.78, 5) is 16.6. The fraction of sp³-hybridized carbons (Fsp3) is 0.333. The van der Waals surface area contributed by atoms with Crippen LogP contribution in [-0.2, 0) is 16.9 Å². The number of carbonyl (C=O) groups excluding carboxylic acids is 1. The molecule has 1 N–H and O–H groups in total. The van der Waals surface area contributed by atoms with Crippen LogP contribution in [0.5, 0.6) is 0 Å². The average Bonchev–Trinajstić information content (AvgIpc) is 2.62. The lowest BCUT2D eigenvalue weighted by molar-refractivity contribution is -0.133. The highest BCUT2D eigenvalue weighted by molar-refractivity contribution is 6.35. The van der Waals surface area contributed by atoms with Gasteiger partial charge in [-0.1, -0.05) is 35.3 Å². The van der Waals surface area contributed by atoms with Crippen molar-refractivity contribution in [2.24, 2.45) is 0 Å². The van der Waals surface area contributed by atoms with Gasteiger partial charge >= 0.3 is 0 Å². The Morgan fingerprint density at radius 2 is 2.12 bits per heavy atom. The third kappa shape index (κ3) is 3.28. The van der Waals surface area contributed by atoms with Gasteiger partial charge in [-0.05, 0) is 37.0 Å². The van der Waals surface area contributed by atoms with Crippen LogP contribution in [0.1, 0.15) is 42.2 Å². The van der Waals surface area contributed by atoms with Crippen molar-refractivity contribution < 1.29 is 18.7 Å². The third-order valence-corrected chi connectivity index (χ3v) is 5.22. The maximum Gasteiger partial charge on any atom is 0.195 e. The normalized spacial score (nSPS) is 22.5. The molecule has 3 nitrogen and oxygen atoms in total. The molecule has 0 spiro atoms. The van der Waals surface area contributed by atoms with E-state index in [0.29, 0.717) is 5.56 Å². The Morgan fingerprint density at radius 1 is 1.36 bits per heavy atom. The number of rotatable bonds is 4. The first kappa shape index (κ1) is 18.2. The van der Waals surface area contributed by atoms with Gasteiger partial charge in [-0.3, -0.25) is 9.78 Å². The minimum atomic E-state index is -2.21. The van der Waals surface area contributed by atoms with Gasteiger partial charge in [-0.15, -0.1) is 0 Å². The van der Waals surface area contributed by atoms with Crippen LogP contribution in [0.25, 0.3) is 0 Å². The summed E-state index contributed by atoms with van der Waals surface area (Å²) in [5.74, 6) is -1.39. The molecule has 0 fully saturated rings. The van der Waals surface area contributed by atoms with Crippen molar-refractivity contribution in [1.82, 2.24) is 4.98 Å². The van der Waals surface area contributed by atoms with E-state index < -0.39 is 23.4 Å². The zero-order chi connectivity index (χ0) is 18.2. The molecule has 2 aromatic rings. The van der Waals surface area contributed by atoms with Crippen LogP contribution in [0.2, 0.25) is 10.0 Å². The lowest BCUT2D eigenvalue weighted by atomic mass is 9.77. The summed E-state index contributed by atoms with van der Waals surface area (Å²) < 4.78 is 29.2. The number of aliphatic hydroxyl groups is 1. The molecule has 0 bridgehead atoms. The minimum absolute atomic E-state index is 0.0928. The second-order valence-corrected chi connectivity index (χ2v) is 6.83. The van der Waals surface area contributed by atoms with Gasteiger partial charge in [0.1, 0.15) is 0 Å². The highest BCUT2D eigenvalue weighted by Gasteiger charge is 2.45. The summed E-state index contributed by atoms with van der Waals surface area (Å²) in [5, 5.41) is 9.70. The molecule has 0 saturated heterocycles. The SMILES string of the molecule is O=C(CCc1ccc(Cl)c(F)c1Cl)[C@]1(F)CC[C@H](O)c2ncccc21. The number of aliphatic hydroxyl groups excluding tert-OH is 1. The highest BCUT2D eigenvalue weighted by atomic mass is 35.5. The zero-order valence-corrected chi connectivity index (χ0v) is 14.6. The van der Waals surface area contributed by atoms with Gasteiger partial charge in [-0.25, -0.2) is 8.78 Å². The Labute approximate surface area is 153 Å². The number of Topliss-reactive ketones (excluding diaryl/α,β-unsaturated/α-hetero) is 1. The van der Waals surface area contributed by atoms with Crippen LogP contribution in [0, 0.1) is 5.82 Å². The van der Waals surface area contributed by atoms with Crippen LogP contribution in [-0.4, -0.2) is 15.9 Å². The highest BCUT2D eigenvalue weighted by Crippen LogP contribution is 2.43. The van der Waals surface area contributed by atoms with Gasteiger partial charge in [0.25, 0.3) is 0 Å². The smallest absolute Gasteiger partial charge is 0.195 e. The largest absolute Gasteiger partial charge is 0.387 e. The summed E-state index contributed by atoms with van der Waals surface area (Å²) in [6, 6.07) is 5.87. The molecule has 1 aromatic carbocycles. The first-order valence-corrected chi connectivity index (χ1v) is 8.58. The maximum absolute atomic E-state index is 15.5. The first-order chi connectivity index (χ1) is 11.8. The van der Waals surface area contributed by atoms with Crippen molar-refractivity contribution in [3.63, 3.8) is 0 Å². The van der Waals surface area contributed by atoms with Crippen molar-refractivity contribution in [2.75, 3.05) is 0 Å². The molecule has 2 atom stereocenters. The van der Waals surface area contributed by atoms with Crippen LogP contribution < -0.4 is 0 Å². The number of alkyl halides is 1. The number of aromatic nitrogens is 1. The number of halogens is 4. The molecule has 3 rings (SSSR count). The molecule has 7 heteroatoms. The summed E-state index contributed by atoms with van der Waals surface area (Å²) in [6.07, 6.45) is 0.510. The van der Waals surface area contributed by atoms with Crippen molar-refractivity contribution >= 4 is 29.0 Å². The van der Waals surface area contributed by atoms with Gasteiger partial charge in [-0.2, -0.15) is 0 Å². The van der Waals surface area contributed by atoms with E-state index in [1.807, 2.05) is 0 Å². The molecule has 0 aliphatic heterocycles. The molecule has 1 aromatic heterocycles. The van der Waals surface area contributed by atoms with Crippen molar-refractivity contribution in [3.8, 4) is 0 Å². The third-order valence-electron chi connectivity index (χ3n) is 4.52. The fourth-order valence-corrected chi connectivity index (χ4v) is 3.59. The Morgan fingerprint density at radius 3 is 2.88 bits per heavy atom. The quantitative estimate of drug-likeness (QED) is 0.774. The zero-order valence-electron chi connectivity index (χ0n) is 13.1. The summed E-state index contributed by atoms with van der Waals surface area (Å²) in [7, 11) is 0. The molecular weight excluding hydrogens is 371 g/mol. The lowest BCUT2D eigenvalue weighted by Gasteiger charge is -2.32. The summed E-state index contributed by atoms with van der Waals surface area (Å²) in [6.45, 7) is 0. The first-order valence-electron chi connectivity index (χ1n) is 7.82. The number of pyridine rings is 1. The number of benzene rings is 1. The molecule has 132 valence electrons. The van der Waals surface area contributed by atoms with Gasteiger partial charge in [0.05, 0.1) is 21.8 Å². The molecule has 1 heterocycles. The molecule has 1 aliphatic carbocycles. The van der Waals surface area contributed by atoms with Crippen LogP contribution in [0.3, 0.4) is 0 Å². The van der Waals surface area contributed by atoms with Gasteiger partial charge < -0.3 is 5.11 Å². The predicted octanol–water partition coefficient (Wildman–Crippen LogP) is 4.72. The number of aryl methyl sites for hydroxylation is 1. The summed E-state index contributed by atoms with van der Waals surface area (Å²) >= 11 is 11.5. The Kier molecular flexibility index (Phi) is 5.09. The molecule has 0 amide bonds. The monoisotopic (exact) mass is 385 g/mol. The maximum atomic E-state index is 15.5. The Hall–Kier alpha value is -1.56. The molecular formula is C18H15Cl2F2NO2. The second-order valence-electron chi connectivity index (χ2n) is 6.05. The topological polar surface area (TPSA) is 50.2 Å². The molecule has 0 saturated carbocycles. The lowest BCUT2D eigenvalue weighted by Crippen LogP contribution is -2.36. The van der Waals surface area contributed by atoms with E-state index in [4.69, 9.17) is 23.2 Å². The Bertz CT molecular complexity index is 831. The number of ketones is 1. The van der Waals surface area contributed by atoms with Crippen molar-refractivity contribution in [2.45, 2.75) is 37.5 Å². The van der Waals surface area contributed by atoms with Gasteiger partial charge in [0.15, 0.2) is 17.3 Å². The second kappa shape index (κ2) is 6.98. The van der Waals surface area contributed by atoms with Crippen LogP contribution in [0.15, 0.2) is 30.5 Å². The van der Waals surface area contributed by atoms with Gasteiger partial charge in [0, 0.05) is 18.2 Å². The van der Waals surface area contributed by atoms with E-state index in [2.05, 4.69) is 4.98 Å². The minimum Gasteiger partial charge on any atom is -0.387 e. The molecule has 0 radical (unpaired) electrons. The average molecular weight is 386 g/mol.